The molecule has 1 saturated heterocycles. The van der Waals surface area contributed by atoms with Crippen LogP contribution >= 0.6 is 0 Å². The van der Waals surface area contributed by atoms with Crippen molar-refractivity contribution in [2.75, 3.05) is 6.61 Å². The highest BCUT2D eigenvalue weighted by molar-refractivity contribution is 6.55. The molecule has 1 N–H and O–H groups in total. The Balaban J connectivity index is 1.87. The molecule has 2 fully saturated rings. The molecule has 4 nitrogen and oxygen atoms in total. The van der Waals surface area contributed by atoms with Crippen LogP contribution in [0.3, 0.4) is 0 Å². The van der Waals surface area contributed by atoms with Crippen molar-refractivity contribution in [3.05, 3.63) is 40.9 Å². The van der Waals surface area contributed by atoms with E-state index in [0.717, 1.165) is 24.0 Å². The summed E-state index contributed by atoms with van der Waals surface area (Å²) < 4.78 is 12.0. The minimum atomic E-state index is -0.561. The highest BCUT2D eigenvalue weighted by atomic mass is 16.7. The highest BCUT2D eigenvalue weighted by Crippen LogP contribution is 2.47. The molecule has 126 valence electrons. The molecule has 0 bridgehead atoms. The van der Waals surface area contributed by atoms with E-state index >= 15 is 0 Å². The third-order valence-corrected chi connectivity index (χ3v) is 5.49. The van der Waals surface area contributed by atoms with Gasteiger partial charge in [0.2, 0.25) is 0 Å². The topological polar surface area (TPSA) is 62.5 Å². The molecule has 3 rings (SSSR count). The number of hydrogen-bond acceptors (Lipinski definition) is 4. The van der Waals surface area contributed by atoms with Gasteiger partial charge in [-0.15, -0.1) is 0 Å². The average Bonchev–Trinajstić information content (AvgIpc) is 3.29. The van der Waals surface area contributed by atoms with Gasteiger partial charge in [-0.05, 0) is 57.1 Å². The molecule has 1 saturated carbocycles. The molecule has 1 aromatic carbocycles. The lowest BCUT2D eigenvalue weighted by atomic mass is 9.77. The van der Waals surface area contributed by atoms with Gasteiger partial charge in [0.25, 0.3) is 0 Å². The van der Waals surface area contributed by atoms with Crippen LogP contribution in [0.25, 0.3) is 6.08 Å². The fourth-order valence-corrected chi connectivity index (χ4v) is 2.91. The molecule has 1 heterocycles. The molecule has 5 heteroatoms. The number of benzene rings is 1. The van der Waals surface area contributed by atoms with Gasteiger partial charge < -0.3 is 14.4 Å². The molecule has 0 radical (unpaired) electrons. The maximum atomic E-state index is 9.80. The molecule has 0 amide bonds. The van der Waals surface area contributed by atoms with E-state index in [1.165, 1.54) is 0 Å². The first kappa shape index (κ1) is 17.2. The normalized spacial score (nSPS) is 23.8. The van der Waals surface area contributed by atoms with Crippen molar-refractivity contribution in [3.8, 4) is 6.07 Å². The predicted molar refractivity (Wildman–Crippen MR) is 94.1 cm³/mol. The monoisotopic (exact) mass is 325 g/mol. The summed E-state index contributed by atoms with van der Waals surface area (Å²) in [5.74, 6) is 0. The van der Waals surface area contributed by atoms with Gasteiger partial charge in [0, 0.05) is 0 Å². The first-order valence-electron chi connectivity index (χ1n) is 8.42. The van der Waals surface area contributed by atoms with E-state index in [4.69, 9.17) is 9.31 Å². The first-order valence-corrected chi connectivity index (χ1v) is 8.42. The third-order valence-electron chi connectivity index (χ3n) is 5.49. The fourth-order valence-electron chi connectivity index (χ4n) is 2.91. The summed E-state index contributed by atoms with van der Waals surface area (Å²) in [6.45, 7) is 7.84. The molecule has 0 unspecified atom stereocenters. The predicted octanol–water partition coefficient (Wildman–Crippen LogP) is 3.25. The molecule has 1 aliphatic heterocycles. The van der Waals surface area contributed by atoms with Crippen LogP contribution in [0.5, 0.6) is 0 Å². The summed E-state index contributed by atoms with van der Waals surface area (Å²) in [6.07, 6.45) is 3.74. The average molecular weight is 325 g/mol. The van der Waals surface area contributed by atoms with Crippen LogP contribution in [-0.2, 0) is 14.7 Å². The van der Waals surface area contributed by atoms with Crippen molar-refractivity contribution in [1.82, 2.24) is 0 Å². The van der Waals surface area contributed by atoms with E-state index in [9.17, 15) is 10.4 Å². The molecule has 0 spiro atoms. The second kappa shape index (κ2) is 5.73. The quantitative estimate of drug-likeness (QED) is 0.863. The van der Waals surface area contributed by atoms with Crippen LogP contribution in [0.1, 0.15) is 51.7 Å². The Morgan fingerprint density at radius 1 is 1.25 bits per heavy atom. The van der Waals surface area contributed by atoms with Gasteiger partial charge in [0.1, 0.15) is 0 Å². The summed E-state index contributed by atoms with van der Waals surface area (Å²) in [4.78, 5) is 0. The molecular formula is C19H24BNO3. The lowest BCUT2D eigenvalue weighted by molar-refractivity contribution is 0.00578. The van der Waals surface area contributed by atoms with Gasteiger partial charge in [0.15, 0.2) is 0 Å². The van der Waals surface area contributed by atoms with Gasteiger partial charge >= 0.3 is 7.12 Å². The zero-order chi connectivity index (χ0) is 17.6. The fraction of sp³-hybridized carbons (Fsp3) is 0.526. The van der Waals surface area contributed by atoms with Gasteiger partial charge in [0.05, 0.1) is 29.3 Å². The lowest BCUT2D eigenvalue weighted by Crippen LogP contribution is -2.41. The van der Waals surface area contributed by atoms with Gasteiger partial charge in [-0.3, -0.25) is 0 Å². The van der Waals surface area contributed by atoms with Crippen LogP contribution in [-0.4, -0.2) is 30.0 Å². The first-order chi connectivity index (χ1) is 11.2. The van der Waals surface area contributed by atoms with Gasteiger partial charge in [-0.1, -0.05) is 30.3 Å². The van der Waals surface area contributed by atoms with E-state index in [1.54, 1.807) is 0 Å². The number of rotatable bonds is 4. The minimum Gasteiger partial charge on any atom is -0.400 e. The highest BCUT2D eigenvalue weighted by Gasteiger charge is 2.52. The number of nitrogens with zero attached hydrogens (tertiary/aromatic N) is 1. The van der Waals surface area contributed by atoms with Crippen molar-refractivity contribution < 1.29 is 14.4 Å². The van der Waals surface area contributed by atoms with Crippen LogP contribution in [0.15, 0.2) is 29.7 Å². The van der Waals surface area contributed by atoms with Crippen molar-refractivity contribution >= 4 is 13.2 Å². The van der Waals surface area contributed by atoms with Crippen LogP contribution in [0, 0.1) is 11.3 Å². The molecule has 1 aliphatic carbocycles. The molecular weight excluding hydrogens is 301 g/mol. The maximum Gasteiger partial charge on any atom is 0.492 e. The van der Waals surface area contributed by atoms with Crippen molar-refractivity contribution in [3.63, 3.8) is 0 Å². The summed E-state index contributed by atoms with van der Waals surface area (Å²) >= 11 is 0. The van der Waals surface area contributed by atoms with Gasteiger partial charge in [-0.25, -0.2) is 0 Å². The van der Waals surface area contributed by atoms with Crippen LogP contribution in [0.4, 0.5) is 0 Å². The Hall–Kier alpha value is -1.61. The van der Waals surface area contributed by atoms with Crippen LogP contribution < -0.4 is 0 Å². The third kappa shape index (κ3) is 2.90. The van der Waals surface area contributed by atoms with E-state index in [2.05, 4.69) is 6.07 Å². The molecule has 2 aliphatic rings. The number of aliphatic hydroxyl groups excluding tert-OH is 1. The lowest BCUT2D eigenvalue weighted by Gasteiger charge is -2.32. The summed E-state index contributed by atoms with van der Waals surface area (Å²) in [7, 11) is -0.561. The Morgan fingerprint density at radius 3 is 2.38 bits per heavy atom. The SMILES string of the molecule is CC1(C)OB(C(=Cc2cccc(C3(C#N)CC3)c2)CO)OC1(C)C. The second-order valence-electron chi connectivity index (χ2n) is 7.78. The largest absolute Gasteiger partial charge is 0.492 e. The Bertz CT molecular complexity index is 698. The standard InChI is InChI=1S/C19H24BNO3/c1-17(2)18(3,4)24-20(23-17)16(12-22)11-14-6-5-7-15(10-14)19(13-21)8-9-19/h5-7,10-11,22H,8-9,12H2,1-4H3. The molecule has 24 heavy (non-hydrogen) atoms. The second-order valence-corrected chi connectivity index (χ2v) is 7.78. The summed E-state index contributed by atoms with van der Waals surface area (Å²) in [6, 6.07) is 10.4. The van der Waals surface area contributed by atoms with E-state index < -0.39 is 18.3 Å². The van der Waals surface area contributed by atoms with E-state index in [1.807, 2.05) is 58.0 Å². The Kier molecular flexibility index (Phi) is 4.12. The Labute approximate surface area is 144 Å². The summed E-state index contributed by atoms with van der Waals surface area (Å²) in [5.41, 5.74) is 1.50. The smallest absolute Gasteiger partial charge is 0.400 e. The number of hydrogen-bond donors (Lipinski definition) is 1. The van der Waals surface area contributed by atoms with Crippen molar-refractivity contribution in [1.29, 1.82) is 5.26 Å². The Morgan fingerprint density at radius 2 is 1.88 bits per heavy atom. The van der Waals surface area contributed by atoms with Crippen molar-refractivity contribution in [2.24, 2.45) is 0 Å². The maximum absolute atomic E-state index is 9.80. The minimum absolute atomic E-state index is 0.134. The van der Waals surface area contributed by atoms with E-state index in [-0.39, 0.29) is 12.0 Å². The molecule has 0 aromatic heterocycles. The van der Waals surface area contributed by atoms with Crippen LogP contribution in [0.2, 0.25) is 0 Å². The zero-order valence-electron chi connectivity index (χ0n) is 14.8. The van der Waals surface area contributed by atoms with E-state index in [0.29, 0.717) is 5.47 Å². The number of aliphatic hydroxyl groups is 1. The summed E-state index contributed by atoms with van der Waals surface area (Å²) in [5, 5.41) is 19.2. The zero-order valence-corrected chi connectivity index (χ0v) is 14.8. The molecule has 1 aromatic rings. The van der Waals surface area contributed by atoms with Gasteiger partial charge in [-0.2, -0.15) is 5.26 Å². The molecule has 0 atom stereocenters. The van der Waals surface area contributed by atoms with Crippen molar-refractivity contribution in [2.45, 2.75) is 57.2 Å². The number of nitriles is 1.